The average Bonchev–Trinajstić information content (AvgIpc) is 2.27. The number of rotatable bonds is 3. The van der Waals surface area contributed by atoms with Gasteiger partial charge in [-0.3, -0.25) is 4.98 Å². The largest absolute Gasteiger partial charge is 0.389 e. The smallest absolute Gasteiger partial charge is 0.0746 e. The molecule has 0 amide bonds. The maximum absolute atomic E-state index is 9.98. The third-order valence-electron chi connectivity index (χ3n) is 3.16. The number of nitrogens with zero attached hydrogens (tertiary/aromatic N) is 2. The highest BCUT2D eigenvalue weighted by Crippen LogP contribution is 2.20. The summed E-state index contributed by atoms with van der Waals surface area (Å²) >= 11 is 0. The number of β-amino-alcohol motifs (C(OH)–C–C–N with tert-alkyl or cyclic N) is 1. The third-order valence-corrected chi connectivity index (χ3v) is 3.16. The Morgan fingerprint density at radius 1 is 1.50 bits per heavy atom. The number of likely N-dealkylation sites (tertiary alicyclic amines) is 1. The summed E-state index contributed by atoms with van der Waals surface area (Å²) < 4.78 is 0. The molecule has 0 aliphatic carbocycles. The summed E-state index contributed by atoms with van der Waals surface area (Å²) in [4.78, 5) is 6.64. The van der Waals surface area contributed by atoms with Gasteiger partial charge in [0.2, 0.25) is 0 Å². The molecular formula is C13H20N2O. The summed E-state index contributed by atoms with van der Waals surface area (Å²) in [5, 5.41) is 9.98. The second-order valence-electron chi connectivity index (χ2n) is 4.95. The summed E-state index contributed by atoms with van der Waals surface area (Å²) in [7, 11) is 0. The molecule has 1 aliphatic rings. The van der Waals surface area contributed by atoms with Crippen LogP contribution in [0.15, 0.2) is 24.4 Å². The van der Waals surface area contributed by atoms with E-state index in [1.165, 1.54) is 0 Å². The minimum atomic E-state index is -0.498. The molecule has 0 spiro atoms. The summed E-state index contributed by atoms with van der Waals surface area (Å²) in [5.74, 6) is 0. The van der Waals surface area contributed by atoms with Crippen molar-refractivity contribution in [3.8, 4) is 0 Å². The topological polar surface area (TPSA) is 36.4 Å². The van der Waals surface area contributed by atoms with Gasteiger partial charge in [0, 0.05) is 31.4 Å². The van der Waals surface area contributed by atoms with Gasteiger partial charge in [-0.05, 0) is 38.4 Å². The van der Waals surface area contributed by atoms with Crippen LogP contribution in [0.5, 0.6) is 0 Å². The van der Waals surface area contributed by atoms with E-state index in [2.05, 4.69) is 16.0 Å². The number of hydrogen-bond donors (Lipinski definition) is 1. The summed E-state index contributed by atoms with van der Waals surface area (Å²) in [5.41, 5.74) is 0.634. The van der Waals surface area contributed by atoms with E-state index in [9.17, 15) is 5.11 Å². The van der Waals surface area contributed by atoms with Crippen LogP contribution in [-0.4, -0.2) is 40.2 Å². The Labute approximate surface area is 97.1 Å². The lowest BCUT2D eigenvalue weighted by molar-refractivity contribution is -0.0150. The van der Waals surface area contributed by atoms with E-state index in [0.717, 1.165) is 44.6 Å². The lowest BCUT2D eigenvalue weighted by atomic mass is 9.95. The molecule has 1 aromatic heterocycles. The summed E-state index contributed by atoms with van der Waals surface area (Å²) in [6, 6.07) is 6.02. The molecule has 0 bridgehead atoms. The van der Waals surface area contributed by atoms with Gasteiger partial charge < -0.3 is 10.0 Å². The van der Waals surface area contributed by atoms with Crippen LogP contribution >= 0.6 is 0 Å². The minimum absolute atomic E-state index is 0.498. The van der Waals surface area contributed by atoms with Crippen LogP contribution in [-0.2, 0) is 6.42 Å². The van der Waals surface area contributed by atoms with E-state index in [0.29, 0.717) is 0 Å². The van der Waals surface area contributed by atoms with Crippen LogP contribution in [0, 0.1) is 0 Å². The van der Waals surface area contributed by atoms with Gasteiger partial charge in [0.25, 0.3) is 0 Å². The van der Waals surface area contributed by atoms with Crippen molar-refractivity contribution in [2.75, 3.05) is 19.6 Å². The van der Waals surface area contributed by atoms with Crippen molar-refractivity contribution in [1.82, 2.24) is 9.88 Å². The Hall–Kier alpha value is -0.930. The Morgan fingerprint density at radius 2 is 2.38 bits per heavy atom. The Bertz CT molecular complexity index is 324. The standard InChI is InChI=1S/C13H20N2O/c1-13(16)7-4-9-15(11-13)10-6-12-5-2-3-8-14-12/h2-3,5,8,16H,4,6-7,9-11H2,1H3. The molecule has 1 saturated heterocycles. The van der Waals surface area contributed by atoms with Crippen LogP contribution in [0.2, 0.25) is 0 Å². The summed E-state index contributed by atoms with van der Waals surface area (Å²) in [6.07, 6.45) is 4.82. The van der Waals surface area contributed by atoms with E-state index in [-0.39, 0.29) is 0 Å². The molecule has 3 nitrogen and oxygen atoms in total. The zero-order valence-corrected chi connectivity index (χ0v) is 9.89. The SMILES string of the molecule is CC1(O)CCCN(CCc2ccccn2)C1. The third kappa shape index (κ3) is 3.29. The highest BCUT2D eigenvalue weighted by atomic mass is 16.3. The van der Waals surface area contributed by atoms with E-state index in [1.807, 2.05) is 25.3 Å². The van der Waals surface area contributed by atoms with Crippen molar-refractivity contribution in [1.29, 1.82) is 0 Å². The molecule has 88 valence electrons. The van der Waals surface area contributed by atoms with Crippen LogP contribution in [0.25, 0.3) is 0 Å². The number of pyridine rings is 1. The number of aliphatic hydroxyl groups is 1. The number of aromatic nitrogens is 1. The maximum Gasteiger partial charge on any atom is 0.0746 e. The first-order chi connectivity index (χ1) is 7.66. The minimum Gasteiger partial charge on any atom is -0.389 e. The molecule has 16 heavy (non-hydrogen) atoms. The maximum atomic E-state index is 9.98. The van der Waals surface area contributed by atoms with Gasteiger partial charge in [-0.15, -0.1) is 0 Å². The molecule has 1 aromatic rings. The molecule has 3 heteroatoms. The Kier molecular flexibility index (Phi) is 3.56. The fraction of sp³-hybridized carbons (Fsp3) is 0.615. The van der Waals surface area contributed by atoms with Crippen LogP contribution in [0.4, 0.5) is 0 Å². The highest BCUT2D eigenvalue weighted by molar-refractivity contribution is 5.04. The van der Waals surface area contributed by atoms with E-state index in [1.54, 1.807) is 0 Å². The normalized spacial score (nSPS) is 26.9. The quantitative estimate of drug-likeness (QED) is 0.838. The lowest BCUT2D eigenvalue weighted by Crippen LogP contribution is -2.46. The van der Waals surface area contributed by atoms with Gasteiger partial charge in [0.15, 0.2) is 0 Å². The van der Waals surface area contributed by atoms with Gasteiger partial charge in [-0.2, -0.15) is 0 Å². The van der Waals surface area contributed by atoms with Gasteiger partial charge >= 0.3 is 0 Å². The second kappa shape index (κ2) is 4.93. The van der Waals surface area contributed by atoms with Crippen molar-refractivity contribution < 1.29 is 5.11 Å². The highest BCUT2D eigenvalue weighted by Gasteiger charge is 2.27. The molecule has 1 fully saturated rings. The molecule has 1 atom stereocenters. The molecule has 0 saturated carbocycles. The van der Waals surface area contributed by atoms with Crippen molar-refractivity contribution in [2.24, 2.45) is 0 Å². The van der Waals surface area contributed by atoms with E-state index >= 15 is 0 Å². The predicted octanol–water partition coefficient (Wildman–Crippen LogP) is 1.47. The fourth-order valence-corrected chi connectivity index (χ4v) is 2.33. The molecule has 2 heterocycles. The molecule has 1 aliphatic heterocycles. The average molecular weight is 220 g/mol. The van der Waals surface area contributed by atoms with Gasteiger partial charge in [-0.1, -0.05) is 6.07 Å². The molecule has 0 radical (unpaired) electrons. The second-order valence-corrected chi connectivity index (χ2v) is 4.95. The molecule has 1 unspecified atom stereocenters. The first kappa shape index (κ1) is 11.6. The number of hydrogen-bond acceptors (Lipinski definition) is 3. The Balaban J connectivity index is 1.82. The number of piperidine rings is 1. The van der Waals surface area contributed by atoms with Crippen molar-refractivity contribution in [3.63, 3.8) is 0 Å². The molecule has 0 aromatic carbocycles. The molecule has 2 rings (SSSR count). The zero-order chi connectivity index (χ0) is 11.4. The summed E-state index contributed by atoms with van der Waals surface area (Å²) in [6.45, 7) is 4.82. The van der Waals surface area contributed by atoms with Gasteiger partial charge in [0.1, 0.15) is 0 Å². The van der Waals surface area contributed by atoms with Crippen LogP contribution < -0.4 is 0 Å². The van der Waals surface area contributed by atoms with Crippen LogP contribution in [0.1, 0.15) is 25.5 Å². The molecular weight excluding hydrogens is 200 g/mol. The van der Waals surface area contributed by atoms with Crippen molar-refractivity contribution >= 4 is 0 Å². The van der Waals surface area contributed by atoms with Crippen molar-refractivity contribution in [3.05, 3.63) is 30.1 Å². The first-order valence-corrected chi connectivity index (χ1v) is 6.00. The van der Waals surface area contributed by atoms with Gasteiger partial charge in [0.05, 0.1) is 5.60 Å². The van der Waals surface area contributed by atoms with E-state index < -0.39 is 5.60 Å². The zero-order valence-electron chi connectivity index (χ0n) is 9.89. The van der Waals surface area contributed by atoms with Crippen LogP contribution in [0.3, 0.4) is 0 Å². The fourth-order valence-electron chi connectivity index (χ4n) is 2.33. The molecule has 1 N–H and O–H groups in total. The lowest BCUT2D eigenvalue weighted by Gasteiger charge is -2.36. The first-order valence-electron chi connectivity index (χ1n) is 6.00. The van der Waals surface area contributed by atoms with E-state index in [4.69, 9.17) is 0 Å². The van der Waals surface area contributed by atoms with Crippen molar-refractivity contribution in [2.45, 2.75) is 31.8 Å². The predicted molar refractivity (Wildman–Crippen MR) is 64.2 cm³/mol. The van der Waals surface area contributed by atoms with Gasteiger partial charge in [-0.25, -0.2) is 0 Å². The Morgan fingerprint density at radius 3 is 3.06 bits per heavy atom. The monoisotopic (exact) mass is 220 g/mol.